The predicted molar refractivity (Wildman–Crippen MR) is 71.7 cm³/mol. The summed E-state index contributed by atoms with van der Waals surface area (Å²) in [4.78, 5) is 2.20. The van der Waals surface area contributed by atoms with E-state index in [1.165, 1.54) is 5.69 Å². The Balaban J connectivity index is 0.00000112. The molecule has 0 amide bonds. The molecule has 0 aliphatic carbocycles. The number of anilines is 1. The predicted octanol–water partition coefficient (Wildman–Crippen LogP) is 1.56. The Morgan fingerprint density at radius 1 is 1.31 bits per heavy atom. The lowest BCUT2D eigenvalue weighted by molar-refractivity contribution is 0.198. The van der Waals surface area contributed by atoms with E-state index in [0.29, 0.717) is 6.54 Å². The Bertz CT molecular complexity index is 323. The minimum atomic E-state index is -0.180. The molecule has 1 heterocycles. The van der Waals surface area contributed by atoms with Gasteiger partial charge in [0.15, 0.2) is 0 Å². The van der Waals surface area contributed by atoms with Crippen LogP contribution >= 0.6 is 24.8 Å². The summed E-state index contributed by atoms with van der Waals surface area (Å²) in [7, 11) is 0. The minimum Gasteiger partial charge on any atom is -0.391 e. The highest BCUT2D eigenvalue weighted by Crippen LogP contribution is 2.23. The number of aliphatic hydroxyl groups excluding tert-OH is 1. The van der Waals surface area contributed by atoms with Gasteiger partial charge in [-0.05, 0) is 18.1 Å². The third kappa shape index (κ3) is 3.25. The molecule has 1 aliphatic heterocycles. The monoisotopic (exact) mass is 264 g/mol. The van der Waals surface area contributed by atoms with E-state index in [-0.39, 0.29) is 30.9 Å². The number of hydrogen-bond donors (Lipinski definition) is 2. The molecule has 92 valence electrons. The fourth-order valence-electron chi connectivity index (χ4n) is 1.95. The van der Waals surface area contributed by atoms with Crippen molar-refractivity contribution in [3.05, 3.63) is 29.8 Å². The van der Waals surface area contributed by atoms with Crippen LogP contribution in [0.2, 0.25) is 0 Å². The van der Waals surface area contributed by atoms with Crippen LogP contribution in [0.3, 0.4) is 0 Å². The second kappa shape index (κ2) is 6.97. The van der Waals surface area contributed by atoms with Crippen LogP contribution in [0.15, 0.2) is 24.3 Å². The molecular weight excluding hydrogens is 247 g/mol. The summed E-state index contributed by atoms with van der Waals surface area (Å²) >= 11 is 0. The van der Waals surface area contributed by atoms with Gasteiger partial charge in [0.05, 0.1) is 6.10 Å². The SMILES string of the molecule is Cl.Cl.NCc1ccccc1N1CC[C@@H](O)C1. The highest BCUT2D eigenvalue weighted by molar-refractivity contribution is 5.85. The van der Waals surface area contributed by atoms with E-state index in [1.807, 2.05) is 18.2 Å². The molecule has 0 saturated carbocycles. The minimum absolute atomic E-state index is 0. The molecular formula is C11H18Cl2N2O. The van der Waals surface area contributed by atoms with Crippen molar-refractivity contribution in [3.63, 3.8) is 0 Å². The number of nitrogens with two attached hydrogens (primary N) is 1. The second-order valence-corrected chi connectivity index (χ2v) is 3.72. The quantitative estimate of drug-likeness (QED) is 0.853. The summed E-state index contributed by atoms with van der Waals surface area (Å²) in [5.41, 5.74) is 7.99. The van der Waals surface area contributed by atoms with Crippen molar-refractivity contribution < 1.29 is 5.11 Å². The van der Waals surface area contributed by atoms with Gasteiger partial charge in [0, 0.05) is 25.3 Å². The van der Waals surface area contributed by atoms with Gasteiger partial charge in [-0.25, -0.2) is 0 Å². The zero-order chi connectivity index (χ0) is 9.97. The molecule has 0 aromatic heterocycles. The first-order valence-corrected chi connectivity index (χ1v) is 5.02. The van der Waals surface area contributed by atoms with Crippen molar-refractivity contribution in [1.29, 1.82) is 0 Å². The van der Waals surface area contributed by atoms with Gasteiger partial charge in [0.2, 0.25) is 0 Å². The van der Waals surface area contributed by atoms with Crippen molar-refractivity contribution in [2.75, 3.05) is 18.0 Å². The van der Waals surface area contributed by atoms with E-state index in [0.717, 1.165) is 25.1 Å². The molecule has 0 spiro atoms. The molecule has 0 unspecified atom stereocenters. The largest absolute Gasteiger partial charge is 0.391 e. The lowest BCUT2D eigenvalue weighted by Crippen LogP contribution is -2.22. The van der Waals surface area contributed by atoms with Crippen LogP contribution < -0.4 is 10.6 Å². The third-order valence-electron chi connectivity index (χ3n) is 2.72. The molecule has 5 heteroatoms. The van der Waals surface area contributed by atoms with Crippen LogP contribution in [0.1, 0.15) is 12.0 Å². The van der Waals surface area contributed by atoms with Gasteiger partial charge in [-0.1, -0.05) is 18.2 Å². The molecule has 3 N–H and O–H groups in total. The standard InChI is InChI=1S/C11H16N2O.2ClH/c12-7-9-3-1-2-4-11(9)13-6-5-10(14)8-13;;/h1-4,10,14H,5-8,12H2;2*1H/t10-;;/m1../s1. The second-order valence-electron chi connectivity index (χ2n) is 3.72. The normalized spacial score (nSPS) is 18.9. The van der Waals surface area contributed by atoms with Crippen LogP contribution in [0.5, 0.6) is 0 Å². The van der Waals surface area contributed by atoms with E-state index < -0.39 is 0 Å². The molecule has 0 bridgehead atoms. The van der Waals surface area contributed by atoms with Crippen molar-refractivity contribution in [1.82, 2.24) is 0 Å². The van der Waals surface area contributed by atoms with Crippen molar-refractivity contribution >= 4 is 30.5 Å². The number of hydrogen-bond acceptors (Lipinski definition) is 3. The summed E-state index contributed by atoms with van der Waals surface area (Å²) in [6.07, 6.45) is 0.680. The maximum absolute atomic E-state index is 9.45. The molecule has 1 atom stereocenters. The van der Waals surface area contributed by atoms with Gasteiger partial charge in [-0.2, -0.15) is 0 Å². The summed E-state index contributed by atoms with van der Waals surface area (Å²) in [6, 6.07) is 8.12. The van der Waals surface area contributed by atoms with Crippen LogP contribution in [-0.4, -0.2) is 24.3 Å². The first-order chi connectivity index (χ1) is 6.81. The molecule has 2 rings (SSSR count). The number of para-hydroxylation sites is 1. The van der Waals surface area contributed by atoms with Gasteiger partial charge >= 0.3 is 0 Å². The van der Waals surface area contributed by atoms with Gasteiger partial charge in [0.1, 0.15) is 0 Å². The first-order valence-electron chi connectivity index (χ1n) is 5.02. The van der Waals surface area contributed by atoms with Gasteiger partial charge in [0.25, 0.3) is 0 Å². The molecule has 16 heavy (non-hydrogen) atoms. The Hall–Kier alpha value is -0.480. The fraction of sp³-hybridized carbons (Fsp3) is 0.455. The van der Waals surface area contributed by atoms with E-state index in [4.69, 9.17) is 5.73 Å². The maximum atomic E-state index is 9.45. The number of rotatable bonds is 2. The molecule has 1 aromatic rings. The summed E-state index contributed by atoms with van der Waals surface area (Å²) in [6.45, 7) is 2.22. The zero-order valence-electron chi connectivity index (χ0n) is 9.00. The Labute approximate surface area is 108 Å². The van der Waals surface area contributed by atoms with Crippen LogP contribution in [0.4, 0.5) is 5.69 Å². The average Bonchev–Trinajstić information content (AvgIpc) is 2.65. The Kier molecular flexibility index (Phi) is 6.76. The smallest absolute Gasteiger partial charge is 0.0731 e. The van der Waals surface area contributed by atoms with E-state index in [1.54, 1.807) is 0 Å². The van der Waals surface area contributed by atoms with Crippen LogP contribution in [0, 0.1) is 0 Å². The molecule has 1 aliphatic rings. The van der Waals surface area contributed by atoms with Gasteiger partial charge < -0.3 is 15.7 Å². The highest BCUT2D eigenvalue weighted by Gasteiger charge is 2.21. The summed E-state index contributed by atoms with van der Waals surface area (Å²) < 4.78 is 0. The zero-order valence-corrected chi connectivity index (χ0v) is 10.6. The van der Waals surface area contributed by atoms with Gasteiger partial charge in [-0.3, -0.25) is 0 Å². The molecule has 0 radical (unpaired) electrons. The van der Waals surface area contributed by atoms with Crippen LogP contribution in [0.25, 0.3) is 0 Å². The number of β-amino-alcohol motifs (C(OH)–C–C–N with tert-alkyl or cyclic N) is 1. The molecule has 1 fully saturated rings. The molecule has 3 nitrogen and oxygen atoms in total. The van der Waals surface area contributed by atoms with E-state index >= 15 is 0 Å². The number of halogens is 2. The van der Waals surface area contributed by atoms with Crippen LogP contribution in [-0.2, 0) is 6.54 Å². The van der Waals surface area contributed by atoms with E-state index in [9.17, 15) is 5.11 Å². The number of nitrogens with zero attached hydrogens (tertiary/aromatic N) is 1. The van der Waals surface area contributed by atoms with Crippen molar-refractivity contribution in [2.45, 2.75) is 19.1 Å². The van der Waals surface area contributed by atoms with E-state index in [2.05, 4.69) is 11.0 Å². The number of aliphatic hydroxyl groups is 1. The van der Waals surface area contributed by atoms with Gasteiger partial charge in [-0.15, -0.1) is 24.8 Å². The topological polar surface area (TPSA) is 49.5 Å². The first kappa shape index (κ1) is 15.5. The summed E-state index contributed by atoms with van der Waals surface area (Å²) in [5.74, 6) is 0. The third-order valence-corrected chi connectivity index (χ3v) is 2.72. The van der Waals surface area contributed by atoms with Crippen molar-refractivity contribution in [3.8, 4) is 0 Å². The summed E-state index contributed by atoms with van der Waals surface area (Å²) in [5, 5.41) is 9.45. The molecule has 1 aromatic carbocycles. The Morgan fingerprint density at radius 2 is 2.00 bits per heavy atom. The fourth-order valence-corrected chi connectivity index (χ4v) is 1.95. The highest BCUT2D eigenvalue weighted by atomic mass is 35.5. The van der Waals surface area contributed by atoms with Crippen molar-refractivity contribution in [2.24, 2.45) is 5.73 Å². The molecule has 1 saturated heterocycles. The Morgan fingerprint density at radius 3 is 2.56 bits per heavy atom. The number of benzene rings is 1. The average molecular weight is 265 g/mol. The maximum Gasteiger partial charge on any atom is 0.0731 e. The lowest BCUT2D eigenvalue weighted by Gasteiger charge is -2.20. The lowest BCUT2D eigenvalue weighted by atomic mass is 10.1.